The van der Waals surface area contributed by atoms with Gasteiger partial charge in [0.2, 0.25) is 11.8 Å². The summed E-state index contributed by atoms with van der Waals surface area (Å²) in [5.41, 5.74) is 1.59. The van der Waals surface area contributed by atoms with Crippen molar-refractivity contribution < 1.29 is 19.5 Å². The van der Waals surface area contributed by atoms with E-state index in [4.69, 9.17) is 5.11 Å². The van der Waals surface area contributed by atoms with Gasteiger partial charge in [-0.1, -0.05) is 19.1 Å². The van der Waals surface area contributed by atoms with Crippen molar-refractivity contribution in [3.05, 3.63) is 29.8 Å². The highest BCUT2D eigenvalue weighted by molar-refractivity contribution is 5.91. The molecule has 126 valence electrons. The Morgan fingerprint density at radius 3 is 2.26 bits per heavy atom. The zero-order chi connectivity index (χ0) is 17.1. The van der Waals surface area contributed by atoms with E-state index in [9.17, 15) is 14.4 Å². The Labute approximate surface area is 136 Å². The monoisotopic (exact) mass is 320 g/mol. The van der Waals surface area contributed by atoms with E-state index in [1.54, 1.807) is 24.3 Å². The lowest BCUT2D eigenvalue weighted by molar-refractivity contribution is -0.137. The van der Waals surface area contributed by atoms with Gasteiger partial charge in [0.05, 0.1) is 0 Å². The number of hydrogen-bond donors (Lipinski definition) is 3. The fourth-order valence-electron chi connectivity index (χ4n) is 1.99. The molecule has 0 aliphatic carbocycles. The van der Waals surface area contributed by atoms with Crippen LogP contribution in [0.4, 0.5) is 5.69 Å². The van der Waals surface area contributed by atoms with E-state index in [0.717, 1.165) is 12.0 Å². The minimum atomic E-state index is -0.828. The number of aryl methyl sites for hydroxylation is 1. The summed E-state index contributed by atoms with van der Waals surface area (Å²) < 4.78 is 0. The molecule has 0 saturated carbocycles. The van der Waals surface area contributed by atoms with Crippen molar-refractivity contribution in [3.8, 4) is 0 Å². The predicted molar refractivity (Wildman–Crippen MR) is 88.2 cm³/mol. The normalized spacial score (nSPS) is 10.1. The number of carbonyl (C=O) groups is 3. The molecule has 0 saturated heterocycles. The summed E-state index contributed by atoms with van der Waals surface area (Å²) in [5.74, 6) is -0.987. The molecule has 1 rings (SSSR count). The molecule has 0 aliphatic rings. The molecule has 0 heterocycles. The maximum Gasteiger partial charge on any atom is 0.303 e. The third-order valence-corrected chi connectivity index (χ3v) is 3.25. The lowest BCUT2D eigenvalue weighted by Gasteiger charge is -2.07. The molecule has 0 aliphatic heterocycles. The maximum atomic E-state index is 11.8. The number of benzene rings is 1. The van der Waals surface area contributed by atoms with Crippen LogP contribution in [-0.2, 0) is 20.8 Å². The van der Waals surface area contributed by atoms with Gasteiger partial charge in [-0.05, 0) is 37.0 Å². The minimum Gasteiger partial charge on any atom is -0.481 e. The average molecular weight is 320 g/mol. The van der Waals surface area contributed by atoms with Gasteiger partial charge in [-0.15, -0.1) is 0 Å². The molecule has 0 spiro atoms. The molecular formula is C17H24N2O4. The maximum absolute atomic E-state index is 11.8. The van der Waals surface area contributed by atoms with Crippen LogP contribution in [-0.4, -0.2) is 29.4 Å². The van der Waals surface area contributed by atoms with Crippen molar-refractivity contribution >= 4 is 23.5 Å². The largest absolute Gasteiger partial charge is 0.481 e. The van der Waals surface area contributed by atoms with Gasteiger partial charge in [0.15, 0.2) is 0 Å². The van der Waals surface area contributed by atoms with Gasteiger partial charge >= 0.3 is 5.97 Å². The first kappa shape index (κ1) is 18.7. The van der Waals surface area contributed by atoms with Gasteiger partial charge in [-0.3, -0.25) is 14.4 Å². The Morgan fingerprint density at radius 1 is 1.00 bits per heavy atom. The SMILES string of the molecule is CCCNC(=O)CCCC(=O)Nc1ccc(CCC(=O)O)cc1. The highest BCUT2D eigenvalue weighted by Crippen LogP contribution is 2.12. The Hall–Kier alpha value is -2.37. The second kappa shape index (κ2) is 10.4. The fraction of sp³-hybridized carbons (Fsp3) is 0.471. The van der Waals surface area contributed by atoms with Crippen LogP contribution < -0.4 is 10.6 Å². The Balaban J connectivity index is 2.28. The van der Waals surface area contributed by atoms with Crippen molar-refractivity contribution in [1.29, 1.82) is 0 Å². The number of hydrogen-bond acceptors (Lipinski definition) is 3. The van der Waals surface area contributed by atoms with E-state index < -0.39 is 5.97 Å². The molecule has 1 aromatic carbocycles. The van der Waals surface area contributed by atoms with E-state index >= 15 is 0 Å². The minimum absolute atomic E-state index is 0.0255. The molecule has 6 heteroatoms. The van der Waals surface area contributed by atoms with Gasteiger partial charge in [0.25, 0.3) is 0 Å². The molecule has 0 bridgehead atoms. The summed E-state index contributed by atoms with van der Waals surface area (Å²) in [6.45, 7) is 2.65. The topological polar surface area (TPSA) is 95.5 Å². The van der Waals surface area contributed by atoms with E-state index in [-0.39, 0.29) is 18.2 Å². The second-order valence-electron chi connectivity index (χ2n) is 5.34. The molecule has 0 fully saturated rings. The van der Waals surface area contributed by atoms with E-state index in [2.05, 4.69) is 10.6 Å². The predicted octanol–water partition coefficient (Wildman–Crippen LogP) is 2.34. The molecule has 2 amide bonds. The number of carboxylic acids is 1. The highest BCUT2D eigenvalue weighted by Gasteiger charge is 2.06. The van der Waals surface area contributed by atoms with Gasteiger partial charge in [0.1, 0.15) is 0 Å². The van der Waals surface area contributed by atoms with Crippen LogP contribution in [0.5, 0.6) is 0 Å². The molecule has 3 N–H and O–H groups in total. The van der Waals surface area contributed by atoms with Crippen LogP contribution in [0.1, 0.15) is 44.6 Å². The Kier molecular flexibility index (Phi) is 8.42. The summed E-state index contributed by atoms with van der Waals surface area (Å²) in [6.07, 6.45) is 2.61. The van der Waals surface area contributed by atoms with Crippen LogP contribution >= 0.6 is 0 Å². The summed E-state index contributed by atoms with van der Waals surface area (Å²) in [4.78, 5) is 33.7. The summed E-state index contributed by atoms with van der Waals surface area (Å²) in [7, 11) is 0. The Morgan fingerprint density at radius 2 is 1.65 bits per heavy atom. The standard InChI is InChI=1S/C17H24N2O4/c1-2-12-18-15(20)4-3-5-16(21)19-14-9-6-13(7-10-14)8-11-17(22)23/h6-7,9-10H,2-5,8,11-12H2,1H3,(H,18,20)(H,19,21)(H,22,23). The number of amides is 2. The van der Waals surface area contributed by atoms with Gasteiger partial charge in [-0.2, -0.15) is 0 Å². The second-order valence-corrected chi connectivity index (χ2v) is 5.34. The quantitative estimate of drug-likeness (QED) is 0.616. The third-order valence-electron chi connectivity index (χ3n) is 3.25. The number of aliphatic carboxylic acids is 1. The van der Waals surface area contributed by atoms with Gasteiger partial charge in [0, 0.05) is 31.5 Å². The van der Waals surface area contributed by atoms with Crippen molar-refractivity contribution in [2.75, 3.05) is 11.9 Å². The zero-order valence-corrected chi connectivity index (χ0v) is 13.4. The first-order chi connectivity index (χ1) is 11.0. The van der Waals surface area contributed by atoms with Crippen molar-refractivity contribution in [2.45, 2.75) is 45.4 Å². The number of carboxylic acid groups (broad SMARTS) is 1. The number of rotatable bonds is 10. The lowest BCUT2D eigenvalue weighted by Crippen LogP contribution is -2.24. The average Bonchev–Trinajstić information content (AvgIpc) is 2.52. The van der Waals surface area contributed by atoms with Gasteiger partial charge in [-0.25, -0.2) is 0 Å². The molecule has 1 aromatic rings. The molecule has 0 atom stereocenters. The number of carbonyl (C=O) groups excluding carboxylic acids is 2. The van der Waals surface area contributed by atoms with Crippen LogP contribution in [0.25, 0.3) is 0 Å². The van der Waals surface area contributed by atoms with Crippen molar-refractivity contribution in [1.82, 2.24) is 5.32 Å². The smallest absolute Gasteiger partial charge is 0.303 e. The van der Waals surface area contributed by atoms with E-state index in [1.807, 2.05) is 6.92 Å². The molecule has 0 radical (unpaired) electrons. The van der Waals surface area contributed by atoms with Gasteiger partial charge < -0.3 is 15.7 Å². The first-order valence-corrected chi connectivity index (χ1v) is 7.88. The van der Waals surface area contributed by atoms with Crippen LogP contribution in [0.2, 0.25) is 0 Å². The van der Waals surface area contributed by atoms with Crippen LogP contribution in [0, 0.1) is 0 Å². The van der Waals surface area contributed by atoms with Crippen molar-refractivity contribution in [2.24, 2.45) is 0 Å². The van der Waals surface area contributed by atoms with Crippen LogP contribution in [0.15, 0.2) is 24.3 Å². The first-order valence-electron chi connectivity index (χ1n) is 7.88. The summed E-state index contributed by atoms with van der Waals surface area (Å²) in [6, 6.07) is 7.11. The molecular weight excluding hydrogens is 296 g/mol. The van der Waals surface area contributed by atoms with E-state index in [1.165, 1.54) is 0 Å². The molecule has 0 aromatic heterocycles. The Bertz CT molecular complexity index is 526. The van der Waals surface area contributed by atoms with Crippen molar-refractivity contribution in [3.63, 3.8) is 0 Å². The summed E-state index contributed by atoms with van der Waals surface area (Å²) >= 11 is 0. The molecule has 0 unspecified atom stereocenters. The fourth-order valence-corrected chi connectivity index (χ4v) is 1.99. The summed E-state index contributed by atoms with van der Waals surface area (Å²) in [5, 5.41) is 14.2. The zero-order valence-electron chi connectivity index (χ0n) is 13.4. The third kappa shape index (κ3) is 8.60. The number of nitrogens with one attached hydrogen (secondary N) is 2. The lowest BCUT2D eigenvalue weighted by atomic mass is 10.1. The molecule has 6 nitrogen and oxygen atoms in total. The highest BCUT2D eigenvalue weighted by atomic mass is 16.4. The molecule has 23 heavy (non-hydrogen) atoms. The van der Waals surface area contributed by atoms with E-state index in [0.29, 0.717) is 37.9 Å². The number of anilines is 1. The van der Waals surface area contributed by atoms with Crippen LogP contribution in [0.3, 0.4) is 0 Å².